The lowest BCUT2D eigenvalue weighted by Gasteiger charge is -2.07. The number of halogens is 1. The maximum Gasteiger partial charge on any atom is 0.0438 e. The highest BCUT2D eigenvalue weighted by molar-refractivity contribution is 6.31. The highest BCUT2D eigenvalue weighted by Crippen LogP contribution is 2.22. The van der Waals surface area contributed by atoms with Crippen LogP contribution in [0.15, 0.2) is 66.7 Å². The SMILES string of the molecule is CC(C)(C)C.CC(C)c1ccccc1.Cc1ccc(C(C)C)cc1C.Cc1ccc(C(C)C)cc1Cl. The van der Waals surface area contributed by atoms with E-state index in [2.05, 4.69) is 138 Å². The molecular formula is C35H53Cl. The summed E-state index contributed by atoms with van der Waals surface area (Å²) in [7, 11) is 0. The van der Waals surface area contributed by atoms with Crippen LogP contribution >= 0.6 is 11.6 Å². The average Bonchev–Trinajstić information content (AvgIpc) is 2.77. The quantitative estimate of drug-likeness (QED) is 0.330. The van der Waals surface area contributed by atoms with Crippen LogP contribution in [0.2, 0.25) is 5.02 Å². The van der Waals surface area contributed by atoms with Gasteiger partial charge in [-0.05, 0) is 83.4 Å². The van der Waals surface area contributed by atoms with E-state index in [1.165, 1.54) is 27.8 Å². The van der Waals surface area contributed by atoms with E-state index >= 15 is 0 Å². The maximum atomic E-state index is 5.96. The van der Waals surface area contributed by atoms with Crippen molar-refractivity contribution in [3.8, 4) is 0 Å². The topological polar surface area (TPSA) is 0 Å². The lowest BCUT2D eigenvalue weighted by Crippen LogP contribution is -1.93. The van der Waals surface area contributed by atoms with E-state index in [0.717, 1.165) is 10.6 Å². The van der Waals surface area contributed by atoms with Gasteiger partial charge in [0.15, 0.2) is 0 Å². The summed E-state index contributed by atoms with van der Waals surface area (Å²) in [6, 6.07) is 23.5. The molecule has 0 saturated carbocycles. The summed E-state index contributed by atoms with van der Waals surface area (Å²) in [5.74, 6) is 1.87. The highest BCUT2D eigenvalue weighted by Gasteiger charge is 2.01. The van der Waals surface area contributed by atoms with Crippen LogP contribution in [-0.2, 0) is 0 Å². The molecule has 0 spiro atoms. The average molecular weight is 509 g/mol. The normalized spacial score (nSPS) is 10.7. The van der Waals surface area contributed by atoms with Crippen molar-refractivity contribution in [3.05, 3.63) is 105 Å². The Bertz CT molecular complexity index is 927. The number of hydrogen-bond acceptors (Lipinski definition) is 0. The minimum atomic E-state index is 0.500. The molecule has 0 N–H and O–H groups in total. The molecule has 0 atom stereocenters. The van der Waals surface area contributed by atoms with Crippen molar-refractivity contribution in [3.63, 3.8) is 0 Å². The molecule has 0 bridgehead atoms. The van der Waals surface area contributed by atoms with E-state index < -0.39 is 0 Å². The molecule has 3 aromatic carbocycles. The fourth-order valence-electron chi connectivity index (χ4n) is 2.93. The molecule has 36 heavy (non-hydrogen) atoms. The molecule has 0 aliphatic rings. The van der Waals surface area contributed by atoms with Gasteiger partial charge in [-0.25, -0.2) is 0 Å². The second-order valence-electron chi connectivity index (χ2n) is 12.2. The van der Waals surface area contributed by atoms with Crippen molar-refractivity contribution in [2.75, 3.05) is 0 Å². The van der Waals surface area contributed by atoms with Gasteiger partial charge >= 0.3 is 0 Å². The zero-order chi connectivity index (χ0) is 28.1. The minimum absolute atomic E-state index is 0.500. The first-order chi connectivity index (χ1) is 16.5. The number of aryl methyl sites for hydroxylation is 3. The van der Waals surface area contributed by atoms with E-state index in [0.29, 0.717) is 23.2 Å². The second kappa shape index (κ2) is 16.6. The second-order valence-corrected chi connectivity index (χ2v) is 12.6. The van der Waals surface area contributed by atoms with Crippen molar-refractivity contribution in [2.24, 2.45) is 5.41 Å². The molecule has 0 amide bonds. The van der Waals surface area contributed by atoms with Gasteiger partial charge in [0.2, 0.25) is 0 Å². The Morgan fingerprint density at radius 2 is 0.889 bits per heavy atom. The van der Waals surface area contributed by atoms with Crippen LogP contribution in [-0.4, -0.2) is 0 Å². The van der Waals surface area contributed by atoms with Crippen molar-refractivity contribution in [2.45, 2.75) is 108 Å². The summed E-state index contributed by atoms with van der Waals surface area (Å²) in [6.45, 7) is 28.3. The van der Waals surface area contributed by atoms with Crippen LogP contribution in [0.5, 0.6) is 0 Å². The van der Waals surface area contributed by atoms with Gasteiger partial charge in [-0.15, -0.1) is 0 Å². The smallest absolute Gasteiger partial charge is 0.0438 e. The molecule has 200 valence electrons. The summed E-state index contributed by atoms with van der Waals surface area (Å²) in [4.78, 5) is 0. The summed E-state index contributed by atoms with van der Waals surface area (Å²) in [5, 5.41) is 0.871. The van der Waals surface area contributed by atoms with Crippen molar-refractivity contribution >= 4 is 11.6 Å². The Morgan fingerprint density at radius 1 is 0.500 bits per heavy atom. The Morgan fingerprint density at radius 3 is 1.22 bits per heavy atom. The van der Waals surface area contributed by atoms with E-state index in [1.54, 1.807) is 0 Å². The molecular weight excluding hydrogens is 456 g/mol. The van der Waals surface area contributed by atoms with Crippen LogP contribution < -0.4 is 0 Å². The highest BCUT2D eigenvalue weighted by atomic mass is 35.5. The number of rotatable bonds is 3. The molecule has 0 aliphatic carbocycles. The van der Waals surface area contributed by atoms with E-state index in [9.17, 15) is 0 Å². The lowest BCUT2D eigenvalue weighted by atomic mass is 9.99. The van der Waals surface area contributed by atoms with Crippen LogP contribution in [0.4, 0.5) is 0 Å². The van der Waals surface area contributed by atoms with Crippen molar-refractivity contribution < 1.29 is 0 Å². The van der Waals surface area contributed by atoms with Gasteiger partial charge in [0, 0.05) is 5.02 Å². The fraction of sp³-hybridized carbons (Fsp3) is 0.486. The van der Waals surface area contributed by atoms with E-state index in [-0.39, 0.29) is 0 Å². The van der Waals surface area contributed by atoms with Gasteiger partial charge in [0.25, 0.3) is 0 Å². The molecule has 0 radical (unpaired) electrons. The number of hydrogen-bond donors (Lipinski definition) is 0. The third-order valence-electron chi connectivity index (χ3n) is 5.53. The van der Waals surface area contributed by atoms with Gasteiger partial charge in [-0.1, -0.05) is 142 Å². The fourth-order valence-corrected chi connectivity index (χ4v) is 3.12. The first kappa shape index (κ1) is 34.0. The first-order valence-electron chi connectivity index (χ1n) is 13.4. The third kappa shape index (κ3) is 15.8. The summed E-state index contributed by atoms with van der Waals surface area (Å²) in [5.41, 5.74) is 8.59. The molecule has 0 fully saturated rings. The molecule has 0 nitrogen and oxygen atoms in total. The van der Waals surface area contributed by atoms with Gasteiger partial charge in [0.1, 0.15) is 0 Å². The molecule has 0 unspecified atom stereocenters. The van der Waals surface area contributed by atoms with Gasteiger partial charge in [0.05, 0.1) is 0 Å². The molecule has 3 aromatic rings. The molecule has 0 saturated heterocycles. The lowest BCUT2D eigenvalue weighted by molar-refractivity contribution is 0.469. The summed E-state index contributed by atoms with van der Waals surface area (Å²) in [6.07, 6.45) is 0. The van der Waals surface area contributed by atoms with Crippen LogP contribution in [0.3, 0.4) is 0 Å². The first-order valence-corrected chi connectivity index (χ1v) is 13.8. The molecule has 3 rings (SSSR count). The predicted octanol–water partition coefficient (Wildman–Crippen LogP) is 12.1. The Labute approximate surface area is 229 Å². The predicted molar refractivity (Wildman–Crippen MR) is 166 cm³/mol. The van der Waals surface area contributed by atoms with Crippen molar-refractivity contribution in [1.29, 1.82) is 0 Å². The molecule has 1 heteroatoms. The minimum Gasteiger partial charge on any atom is -0.0840 e. The van der Waals surface area contributed by atoms with Gasteiger partial charge < -0.3 is 0 Å². The van der Waals surface area contributed by atoms with Gasteiger partial charge in [-0.2, -0.15) is 0 Å². The van der Waals surface area contributed by atoms with Crippen LogP contribution in [0.25, 0.3) is 0 Å². The van der Waals surface area contributed by atoms with Crippen LogP contribution in [0.1, 0.15) is 120 Å². The molecule has 0 aliphatic heterocycles. The zero-order valence-electron chi connectivity index (χ0n) is 25.5. The Balaban J connectivity index is 0.000000470. The Hall–Kier alpha value is -2.05. The zero-order valence-corrected chi connectivity index (χ0v) is 26.2. The van der Waals surface area contributed by atoms with Gasteiger partial charge in [-0.3, -0.25) is 0 Å². The van der Waals surface area contributed by atoms with E-state index in [1.807, 2.05) is 19.1 Å². The monoisotopic (exact) mass is 508 g/mol. The summed E-state index contributed by atoms with van der Waals surface area (Å²) < 4.78 is 0. The molecule has 0 aromatic heterocycles. The summed E-state index contributed by atoms with van der Waals surface area (Å²) >= 11 is 5.96. The van der Waals surface area contributed by atoms with E-state index in [4.69, 9.17) is 11.6 Å². The Kier molecular flexibility index (Phi) is 15.7. The number of benzene rings is 3. The molecule has 0 heterocycles. The maximum absolute atomic E-state index is 5.96. The largest absolute Gasteiger partial charge is 0.0840 e. The van der Waals surface area contributed by atoms with Crippen molar-refractivity contribution in [1.82, 2.24) is 0 Å². The standard InChI is InChI=1S/C11H16.C10H13Cl.C9H12.C5H12/c1-8(2)11-6-5-9(3)10(4)7-11;1-7(2)9-5-4-8(3)10(11)6-9;1-8(2)9-6-4-3-5-7-9;1-5(2,3)4/h5-8H,1-4H3;4-7H,1-3H3;3-8H,1-2H3;1-4H3. The third-order valence-corrected chi connectivity index (χ3v) is 5.93. The van der Waals surface area contributed by atoms with Crippen LogP contribution in [0, 0.1) is 26.2 Å².